The fraction of sp³-hybridized carbons (Fsp3) is 0. The van der Waals surface area contributed by atoms with Gasteiger partial charge in [-0.2, -0.15) is 0 Å². The summed E-state index contributed by atoms with van der Waals surface area (Å²) < 4.78 is 12.9. The molecule has 0 saturated carbocycles. The second-order valence-electron chi connectivity index (χ2n) is 4.04. The third kappa shape index (κ3) is 3.09. The number of anilines is 2. The van der Waals surface area contributed by atoms with Gasteiger partial charge in [0.2, 0.25) is 0 Å². The van der Waals surface area contributed by atoms with Crippen molar-refractivity contribution in [2.24, 2.45) is 5.73 Å². The van der Waals surface area contributed by atoms with E-state index in [1.807, 2.05) is 0 Å². The second-order valence-corrected chi connectivity index (χ2v) is 4.45. The van der Waals surface area contributed by atoms with E-state index >= 15 is 0 Å². The quantitative estimate of drug-likeness (QED) is 0.693. The van der Waals surface area contributed by atoms with Gasteiger partial charge in [0, 0.05) is 6.07 Å². The predicted octanol–water partition coefficient (Wildman–Crippen LogP) is 3.60. The van der Waals surface area contributed by atoms with Gasteiger partial charge in [0.25, 0.3) is 5.69 Å². The molecule has 0 atom stereocenters. The number of hydrogen-bond acceptors (Lipinski definition) is 3. The third-order valence-electron chi connectivity index (χ3n) is 2.69. The molecule has 2 aromatic carbocycles. The Kier molecular flexibility index (Phi) is 4.04. The Hall–Kier alpha value is -2.67. The Labute approximate surface area is 123 Å². The molecule has 0 saturated heterocycles. The van der Waals surface area contributed by atoms with Gasteiger partial charge in [0.15, 0.2) is 0 Å². The van der Waals surface area contributed by atoms with E-state index in [1.165, 1.54) is 24.3 Å². The van der Waals surface area contributed by atoms with Gasteiger partial charge in [-0.1, -0.05) is 11.6 Å². The standard InChI is InChI=1S/C13H9ClFN3O3/c14-11-6-5-10(7-12(11)18(20)21)17(13(16)19)9-3-1-8(15)2-4-9/h1-7H,(H2,16,19). The van der Waals surface area contributed by atoms with E-state index in [4.69, 9.17) is 17.3 Å². The maximum absolute atomic E-state index is 12.9. The van der Waals surface area contributed by atoms with E-state index in [-0.39, 0.29) is 22.1 Å². The van der Waals surface area contributed by atoms with Crippen LogP contribution in [0.5, 0.6) is 0 Å². The number of nitrogens with zero attached hydrogens (tertiary/aromatic N) is 2. The summed E-state index contributed by atoms with van der Waals surface area (Å²) in [5, 5.41) is 10.8. The number of nitro benzene ring substituents is 1. The Morgan fingerprint density at radius 3 is 2.29 bits per heavy atom. The summed E-state index contributed by atoms with van der Waals surface area (Å²) in [6.45, 7) is 0. The van der Waals surface area contributed by atoms with Crippen molar-refractivity contribution in [2.75, 3.05) is 4.90 Å². The largest absolute Gasteiger partial charge is 0.351 e. The number of benzene rings is 2. The van der Waals surface area contributed by atoms with Gasteiger partial charge < -0.3 is 5.73 Å². The normalized spacial score (nSPS) is 10.2. The molecular weight excluding hydrogens is 301 g/mol. The minimum atomic E-state index is -0.863. The summed E-state index contributed by atoms with van der Waals surface area (Å²) >= 11 is 5.72. The zero-order valence-electron chi connectivity index (χ0n) is 10.5. The molecule has 0 bridgehead atoms. The summed E-state index contributed by atoms with van der Waals surface area (Å²) in [5.74, 6) is -0.481. The van der Waals surface area contributed by atoms with Crippen LogP contribution in [0.3, 0.4) is 0 Å². The molecule has 2 rings (SSSR count). The molecule has 21 heavy (non-hydrogen) atoms. The fourth-order valence-corrected chi connectivity index (χ4v) is 1.96. The van der Waals surface area contributed by atoms with Crippen molar-refractivity contribution in [3.8, 4) is 0 Å². The van der Waals surface area contributed by atoms with Crippen LogP contribution in [0.25, 0.3) is 0 Å². The van der Waals surface area contributed by atoms with Gasteiger partial charge in [0.05, 0.1) is 16.3 Å². The van der Waals surface area contributed by atoms with Crippen LogP contribution in [0.15, 0.2) is 42.5 Å². The first kappa shape index (κ1) is 14.7. The van der Waals surface area contributed by atoms with Crippen molar-refractivity contribution in [1.82, 2.24) is 0 Å². The van der Waals surface area contributed by atoms with Gasteiger partial charge in [-0.15, -0.1) is 0 Å². The summed E-state index contributed by atoms with van der Waals surface area (Å²) in [5.41, 5.74) is 5.37. The topological polar surface area (TPSA) is 89.5 Å². The lowest BCUT2D eigenvalue weighted by atomic mass is 10.2. The first-order valence-corrected chi connectivity index (χ1v) is 6.07. The van der Waals surface area contributed by atoms with E-state index in [1.54, 1.807) is 0 Å². The highest BCUT2D eigenvalue weighted by molar-refractivity contribution is 6.32. The smallest absolute Gasteiger partial charge is 0.323 e. The number of halogens is 2. The highest BCUT2D eigenvalue weighted by Crippen LogP contribution is 2.32. The minimum absolute atomic E-state index is 0.0627. The van der Waals surface area contributed by atoms with Crippen molar-refractivity contribution in [1.29, 1.82) is 0 Å². The highest BCUT2D eigenvalue weighted by Gasteiger charge is 2.20. The number of hydrogen-bond donors (Lipinski definition) is 1. The van der Waals surface area contributed by atoms with Gasteiger partial charge >= 0.3 is 6.03 Å². The molecule has 0 unspecified atom stereocenters. The van der Waals surface area contributed by atoms with Crippen LogP contribution in [0, 0.1) is 15.9 Å². The maximum atomic E-state index is 12.9. The van der Waals surface area contributed by atoms with E-state index in [9.17, 15) is 19.3 Å². The van der Waals surface area contributed by atoms with Crippen molar-refractivity contribution >= 4 is 34.7 Å². The van der Waals surface area contributed by atoms with Crippen LogP contribution in [0.1, 0.15) is 0 Å². The molecule has 6 nitrogen and oxygen atoms in total. The first-order chi connectivity index (χ1) is 9.90. The molecule has 2 aromatic rings. The van der Waals surface area contributed by atoms with Crippen LogP contribution >= 0.6 is 11.6 Å². The molecule has 8 heteroatoms. The number of urea groups is 1. The lowest BCUT2D eigenvalue weighted by Gasteiger charge is -2.20. The number of primary amides is 1. The molecule has 0 aliphatic heterocycles. The van der Waals surface area contributed by atoms with Crippen LogP contribution < -0.4 is 10.6 Å². The van der Waals surface area contributed by atoms with E-state index in [2.05, 4.69) is 0 Å². The number of carbonyl (C=O) groups is 1. The Balaban J connectivity index is 2.53. The third-order valence-corrected chi connectivity index (χ3v) is 3.01. The van der Waals surface area contributed by atoms with E-state index in [0.717, 1.165) is 23.1 Å². The number of amides is 2. The summed E-state index contributed by atoms with van der Waals surface area (Å²) in [6, 6.07) is 7.92. The summed E-state index contributed by atoms with van der Waals surface area (Å²) in [6.07, 6.45) is 0. The van der Waals surface area contributed by atoms with Crippen LogP contribution in [0.4, 0.5) is 26.2 Å². The molecule has 0 heterocycles. The minimum Gasteiger partial charge on any atom is -0.351 e. The zero-order valence-corrected chi connectivity index (χ0v) is 11.2. The first-order valence-electron chi connectivity index (χ1n) is 5.69. The molecule has 0 aliphatic carbocycles. The Morgan fingerprint density at radius 2 is 1.76 bits per heavy atom. The fourth-order valence-electron chi connectivity index (χ4n) is 1.77. The number of rotatable bonds is 3. The van der Waals surface area contributed by atoms with Crippen LogP contribution in [0.2, 0.25) is 5.02 Å². The zero-order chi connectivity index (χ0) is 15.6. The molecule has 2 amide bonds. The molecule has 2 N–H and O–H groups in total. The monoisotopic (exact) mass is 309 g/mol. The second kappa shape index (κ2) is 5.76. The number of nitrogens with two attached hydrogens (primary N) is 1. The highest BCUT2D eigenvalue weighted by atomic mass is 35.5. The van der Waals surface area contributed by atoms with Gasteiger partial charge in [0.1, 0.15) is 10.8 Å². The average molecular weight is 310 g/mol. The van der Waals surface area contributed by atoms with E-state index < -0.39 is 16.8 Å². The molecule has 0 spiro atoms. The molecule has 0 radical (unpaired) electrons. The SMILES string of the molecule is NC(=O)N(c1ccc(F)cc1)c1ccc(Cl)c([N+](=O)[O-])c1. The number of nitro groups is 1. The average Bonchev–Trinajstić information content (AvgIpc) is 2.42. The molecule has 0 aromatic heterocycles. The predicted molar refractivity (Wildman–Crippen MR) is 76.2 cm³/mol. The number of carbonyl (C=O) groups excluding carboxylic acids is 1. The van der Waals surface area contributed by atoms with E-state index in [0.29, 0.717) is 0 Å². The van der Waals surface area contributed by atoms with Gasteiger partial charge in [-0.25, -0.2) is 9.18 Å². The van der Waals surface area contributed by atoms with Gasteiger partial charge in [-0.3, -0.25) is 15.0 Å². The lowest BCUT2D eigenvalue weighted by Crippen LogP contribution is -2.31. The van der Waals surface area contributed by atoms with Crippen molar-refractivity contribution in [2.45, 2.75) is 0 Å². The van der Waals surface area contributed by atoms with Crippen molar-refractivity contribution in [3.05, 3.63) is 63.4 Å². The molecular formula is C13H9ClFN3O3. The lowest BCUT2D eigenvalue weighted by molar-refractivity contribution is -0.384. The molecule has 108 valence electrons. The summed E-state index contributed by atoms with van der Waals surface area (Å²) in [7, 11) is 0. The molecule has 0 aliphatic rings. The van der Waals surface area contributed by atoms with Crippen molar-refractivity contribution < 1.29 is 14.1 Å². The summed E-state index contributed by atoms with van der Waals surface area (Å²) in [4.78, 5) is 22.8. The Morgan fingerprint density at radius 1 is 1.19 bits per heavy atom. The van der Waals surface area contributed by atoms with Gasteiger partial charge in [-0.05, 0) is 36.4 Å². The maximum Gasteiger partial charge on any atom is 0.323 e. The van der Waals surface area contributed by atoms with Crippen molar-refractivity contribution in [3.63, 3.8) is 0 Å². The molecule has 0 fully saturated rings. The van der Waals surface area contributed by atoms with Crippen LogP contribution in [-0.2, 0) is 0 Å². The van der Waals surface area contributed by atoms with Crippen LogP contribution in [-0.4, -0.2) is 11.0 Å². The Bertz CT molecular complexity index is 706.